The number of esters is 1. The fourth-order valence-electron chi connectivity index (χ4n) is 3.04. The number of hydrogen-bond acceptors (Lipinski definition) is 7. The number of ketones is 1. The molecule has 0 radical (unpaired) electrons. The molecule has 154 valence electrons. The summed E-state index contributed by atoms with van der Waals surface area (Å²) in [5.41, 5.74) is 1.05. The Bertz CT molecular complexity index is 1230. The van der Waals surface area contributed by atoms with Crippen LogP contribution in [0.2, 0.25) is 0 Å². The number of fused-ring (bicyclic) bond motifs is 1. The zero-order valence-corrected chi connectivity index (χ0v) is 16.2. The van der Waals surface area contributed by atoms with Gasteiger partial charge in [-0.1, -0.05) is 18.2 Å². The van der Waals surface area contributed by atoms with E-state index in [9.17, 15) is 19.7 Å². The van der Waals surface area contributed by atoms with E-state index in [2.05, 4.69) is 0 Å². The molecule has 3 aromatic carbocycles. The Morgan fingerprint density at radius 2 is 1.81 bits per heavy atom. The second-order valence-electron chi connectivity index (χ2n) is 6.53. The molecule has 0 bridgehead atoms. The summed E-state index contributed by atoms with van der Waals surface area (Å²) in [6.07, 6.45) is 1.59. The van der Waals surface area contributed by atoms with Crippen molar-refractivity contribution in [3.8, 4) is 17.2 Å². The quantitative estimate of drug-likeness (QED) is 0.199. The van der Waals surface area contributed by atoms with Crippen LogP contribution in [0.25, 0.3) is 6.08 Å². The first kappa shape index (κ1) is 19.8. The second-order valence-corrected chi connectivity index (χ2v) is 6.53. The largest absolute Gasteiger partial charge is 0.496 e. The van der Waals surface area contributed by atoms with Gasteiger partial charge in [0.05, 0.1) is 23.2 Å². The minimum absolute atomic E-state index is 0.123. The molecule has 0 aliphatic carbocycles. The van der Waals surface area contributed by atoms with Gasteiger partial charge in [-0.3, -0.25) is 14.9 Å². The number of non-ortho nitro benzene ring substituents is 1. The van der Waals surface area contributed by atoms with Crippen molar-refractivity contribution >= 4 is 23.5 Å². The Morgan fingerprint density at radius 1 is 1.06 bits per heavy atom. The van der Waals surface area contributed by atoms with Crippen molar-refractivity contribution in [1.29, 1.82) is 0 Å². The number of hydrogen-bond donors (Lipinski definition) is 0. The van der Waals surface area contributed by atoms with Crippen LogP contribution in [0.3, 0.4) is 0 Å². The van der Waals surface area contributed by atoms with E-state index in [0.717, 1.165) is 0 Å². The maximum atomic E-state index is 12.6. The summed E-state index contributed by atoms with van der Waals surface area (Å²) in [5, 5.41) is 10.7. The fraction of sp³-hybridized carbons (Fsp3) is 0.0435. The number of Topliss-reactive ketones (excluding diaryl/α,β-unsaturated/α-hetero) is 1. The van der Waals surface area contributed by atoms with Crippen molar-refractivity contribution in [3.63, 3.8) is 0 Å². The van der Waals surface area contributed by atoms with Gasteiger partial charge in [0, 0.05) is 23.8 Å². The highest BCUT2D eigenvalue weighted by Crippen LogP contribution is 2.36. The highest BCUT2D eigenvalue weighted by atomic mass is 16.6. The molecular weight excluding hydrogens is 402 g/mol. The van der Waals surface area contributed by atoms with Crippen molar-refractivity contribution < 1.29 is 28.7 Å². The summed E-state index contributed by atoms with van der Waals surface area (Å²) in [7, 11) is 1.54. The van der Waals surface area contributed by atoms with Crippen LogP contribution in [0, 0.1) is 10.1 Å². The number of para-hydroxylation sites is 1. The first-order valence-corrected chi connectivity index (χ1v) is 9.14. The van der Waals surface area contributed by atoms with E-state index in [4.69, 9.17) is 14.2 Å². The number of methoxy groups -OCH3 is 1. The first-order valence-electron chi connectivity index (χ1n) is 9.14. The summed E-state index contributed by atoms with van der Waals surface area (Å²) in [5.74, 6) is 0.171. The fourth-order valence-corrected chi connectivity index (χ4v) is 3.04. The van der Waals surface area contributed by atoms with Gasteiger partial charge < -0.3 is 14.2 Å². The molecule has 3 aromatic rings. The number of rotatable bonds is 5. The summed E-state index contributed by atoms with van der Waals surface area (Å²) in [6, 6.07) is 16.7. The topological polar surface area (TPSA) is 105 Å². The third-order valence-electron chi connectivity index (χ3n) is 4.59. The maximum absolute atomic E-state index is 12.6. The summed E-state index contributed by atoms with van der Waals surface area (Å²) in [4.78, 5) is 35.1. The molecule has 8 nitrogen and oxygen atoms in total. The van der Waals surface area contributed by atoms with Gasteiger partial charge in [-0.15, -0.1) is 0 Å². The Balaban J connectivity index is 1.54. The number of nitro groups is 1. The molecule has 0 N–H and O–H groups in total. The van der Waals surface area contributed by atoms with E-state index in [1.54, 1.807) is 18.2 Å². The second kappa shape index (κ2) is 8.11. The third kappa shape index (κ3) is 3.99. The lowest BCUT2D eigenvalue weighted by atomic mass is 10.1. The SMILES string of the molecule is COc1ccccc1/C=C1\Oc2cc(OC(=O)c3ccc([N+](=O)[O-])cc3)ccc2C1=O. The molecule has 0 atom stereocenters. The lowest BCUT2D eigenvalue weighted by Gasteiger charge is -2.06. The van der Waals surface area contributed by atoms with Gasteiger partial charge in [-0.25, -0.2) is 4.79 Å². The summed E-state index contributed by atoms with van der Waals surface area (Å²) >= 11 is 0. The van der Waals surface area contributed by atoms with E-state index in [-0.39, 0.29) is 34.3 Å². The highest BCUT2D eigenvalue weighted by Gasteiger charge is 2.28. The molecule has 8 heteroatoms. The molecule has 31 heavy (non-hydrogen) atoms. The molecule has 0 fully saturated rings. The van der Waals surface area contributed by atoms with Crippen LogP contribution in [0.1, 0.15) is 26.3 Å². The molecule has 4 rings (SSSR count). The van der Waals surface area contributed by atoms with Gasteiger partial charge in [0.25, 0.3) is 5.69 Å². The maximum Gasteiger partial charge on any atom is 0.343 e. The van der Waals surface area contributed by atoms with Crippen LogP contribution < -0.4 is 14.2 Å². The third-order valence-corrected chi connectivity index (χ3v) is 4.59. The number of carbonyl (C=O) groups is 2. The van der Waals surface area contributed by atoms with Gasteiger partial charge in [0.15, 0.2) is 5.76 Å². The number of nitro benzene ring substituents is 1. The molecule has 0 unspecified atom stereocenters. The number of nitrogens with zero attached hydrogens (tertiary/aromatic N) is 1. The first-order chi connectivity index (χ1) is 15.0. The number of allylic oxidation sites excluding steroid dienone is 1. The molecule has 1 heterocycles. The lowest BCUT2D eigenvalue weighted by molar-refractivity contribution is -0.384. The predicted octanol–water partition coefficient (Wildman–Crippen LogP) is 4.44. The standard InChI is InChI=1S/C23H15NO7/c1-29-19-5-3-2-4-15(19)12-21-22(25)18-11-10-17(13-20(18)31-21)30-23(26)14-6-8-16(9-7-14)24(27)28/h2-13H,1H3/b21-12-. The van der Waals surface area contributed by atoms with Gasteiger partial charge in [-0.2, -0.15) is 0 Å². The van der Waals surface area contributed by atoms with E-state index < -0.39 is 10.9 Å². The average Bonchev–Trinajstić information content (AvgIpc) is 3.08. The van der Waals surface area contributed by atoms with Crippen molar-refractivity contribution in [1.82, 2.24) is 0 Å². The molecule has 0 aromatic heterocycles. The predicted molar refractivity (Wildman–Crippen MR) is 110 cm³/mol. The Kier molecular flexibility index (Phi) is 5.19. The van der Waals surface area contributed by atoms with Crippen LogP contribution >= 0.6 is 0 Å². The minimum atomic E-state index is -0.691. The van der Waals surface area contributed by atoms with Gasteiger partial charge in [-0.05, 0) is 36.4 Å². The molecule has 0 amide bonds. The van der Waals surface area contributed by atoms with E-state index in [1.807, 2.05) is 12.1 Å². The lowest BCUT2D eigenvalue weighted by Crippen LogP contribution is -2.08. The van der Waals surface area contributed by atoms with Crippen molar-refractivity contribution in [2.45, 2.75) is 0 Å². The Morgan fingerprint density at radius 3 is 2.52 bits per heavy atom. The van der Waals surface area contributed by atoms with Crippen LogP contribution in [0.15, 0.2) is 72.5 Å². The average molecular weight is 417 g/mol. The van der Waals surface area contributed by atoms with Crippen molar-refractivity contribution in [2.75, 3.05) is 7.11 Å². The molecular formula is C23H15NO7. The monoisotopic (exact) mass is 417 g/mol. The van der Waals surface area contributed by atoms with Crippen LogP contribution in [-0.2, 0) is 0 Å². The van der Waals surface area contributed by atoms with Gasteiger partial charge >= 0.3 is 5.97 Å². The van der Waals surface area contributed by atoms with E-state index >= 15 is 0 Å². The van der Waals surface area contributed by atoms with Crippen molar-refractivity contribution in [3.05, 3.63) is 99.3 Å². The zero-order valence-electron chi connectivity index (χ0n) is 16.2. The normalized spacial score (nSPS) is 13.5. The number of ether oxygens (including phenoxy) is 3. The summed E-state index contributed by atoms with van der Waals surface area (Å²) in [6.45, 7) is 0. The smallest absolute Gasteiger partial charge is 0.343 e. The Labute approximate surface area is 176 Å². The van der Waals surface area contributed by atoms with Crippen LogP contribution in [0.5, 0.6) is 17.2 Å². The van der Waals surface area contributed by atoms with Gasteiger partial charge in [0.2, 0.25) is 5.78 Å². The molecule has 0 saturated carbocycles. The van der Waals surface area contributed by atoms with E-state index in [1.165, 1.54) is 49.6 Å². The Hall–Kier alpha value is -4.46. The zero-order chi connectivity index (χ0) is 22.0. The highest BCUT2D eigenvalue weighted by molar-refractivity contribution is 6.14. The summed E-state index contributed by atoms with van der Waals surface area (Å²) < 4.78 is 16.3. The molecule has 1 aliphatic rings. The molecule has 0 spiro atoms. The molecule has 0 saturated heterocycles. The minimum Gasteiger partial charge on any atom is -0.496 e. The number of carbonyl (C=O) groups excluding carboxylic acids is 2. The van der Waals surface area contributed by atoms with Crippen LogP contribution in [-0.4, -0.2) is 23.8 Å². The molecule has 1 aliphatic heterocycles. The van der Waals surface area contributed by atoms with E-state index in [0.29, 0.717) is 16.9 Å². The van der Waals surface area contributed by atoms with Crippen molar-refractivity contribution in [2.24, 2.45) is 0 Å². The van der Waals surface area contributed by atoms with Crippen LogP contribution in [0.4, 0.5) is 5.69 Å². The number of benzene rings is 3. The van der Waals surface area contributed by atoms with Gasteiger partial charge in [0.1, 0.15) is 17.2 Å².